The predicted molar refractivity (Wildman–Crippen MR) is 72.0 cm³/mol. The fraction of sp³-hybridized carbons (Fsp3) is 0.727. The first-order valence-electron chi connectivity index (χ1n) is 5.87. The molecule has 0 spiro atoms. The Morgan fingerprint density at radius 1 is 1.25 bits per heavy atom. The summed E-state index contributed by atoms with van der Waals surface area (Å²) >= 11 is 2.21. The second-order valence-corrected chi connectivity index (χ2v) is 5.15. The van der Waals surface area contributed by atoms with E-state index in [-0.39, 0.29) is 11.9 Å². The maximum Gasteiger partial charge on any atom is 0.243 e. The van der Waals surface area contributed by atoms with E-state index < -0.39 is 0 Å². The smallest absolute Gasteiger partial charge is 0.243 e. The largest absolute Gasteiger partial charge is 0.380 e. The standard InChI is InChI=1S/C11H18IN3O/c12-15-9-5-3-8(4-6-9)14-11(16)10-2-1-7-13-10/h1,7-10,13,15H,2-6H2,(H,14,16)/t8-,9-,10?. The summed E-state index contributed by atoms with van der Waals surface area (Å²) in [6.45, 7) is 0. The Labute approximate surface area is 110 Å². The van der Waals surface area contributed by atoms with Gasteiger partial charge in [0, 0.05) is 34.9 Å². The van der Waals surface area contributed by atoms with E-state index in [1.54, 1.807) is 0 Å². The maximum absolute atomic E-state index is 11.8. The number of nitrogens with one attached hydrogen (secondary N) is 3. The number of hydrogen-bond donors (Lipinski definition) is 3. The zero-order valence-electron chi connectivity index (χ0n) is 9.21. The van der Waals surface area contributed by atoms with E-state index in [1.165, 1.54) is 0 Å². The lowest BCUT2D eigenvalue weighted by Crippen LogP contribution is -2.47. The molecule has 1 unspecified atom stereocenters. The number of hydrogen-bond acceptors (Lipinski definition) is 3. The normalized spacial score (nSPS) is 33.4. The molecule has 1 saturated carbocycles. The Hall–Kier alpha value is -0.300. The molecule has 0 aromatic rings. The molecular weight excluding hydrogens is 317 g/mol. The fourth-order valence-corrected chi connectivity index (χ4v) is 2.91. The summed E-state index contributed by atoms with van der Waals surface area (Å²) in [6, 6.07) is 0.955. The molecule has 16 heavy (non-hydrogen) atoms. The minimum atomic E-state index is -0.0413. The summed E-state index contributed by atoms with van der Waals surface area (Å²) in [7, 11) is 0. The monoisotopic (exact) mass is 335 g/mol. The predicted octanol–water partition coefficient (Wildman–Crippen LogP) is 1.23. The Bertz CT molecular complexity index is 266. The van der Waals surface area contributed by atoms with Crippen molar-refractivity contribution in [2.75, 3.05) is 0 Å². The molecule has 0 saturated heterocycles. The van der Waals surface area contributed by atoms with E-state index in [9.17, 15) is 4.79 Å². The molecule has 1 atom stereocenters. The van der Waals surface area contributed by atoms with Gasteiger partial charge < -0.3 is 10.6 Å². The topological polar surface area (TPSA) is 53.2 Å². The molecule has 1 aliphatic carbocycles. The first-order valence-corrected chi connectivity index (χ1v) is 6.95. The van der Waals surface area contributed by atoms with Crippen LogP contribution in [0, 0.1) is 0 Å². The zero-order valence-corrected chi connectivity index (χ0v) is 11.4. The molecule has 0 aromatic heterocycles. The summed E-state index contributed by atoms with van der Waals surface area (Å²) in [5.41, 5.74) is 0. The van der Waals surface area contributed by atoms with Crippen molar-refractivity contribution < 1.29 is 4.79 Å². The van der Waals surface area contributed by atoms with Crippen molar-refractivity contribution in [1.82, 2.24) is 14.2 Å². The van der Waals surface area contributed by atoms with Gasteiger partial charge in [0.25, 0.3) is 0 Å². The van der Waals surface area contributed by atoms with Gasteiger partial charge in [-0.05, 0) is 38.3 Å². The first kappa shape index (κ1) is 12.2. The average molecular weight is 335 g/mol. The second-order valence-electron chi connectivity index (χ2n) is 4.52. The third kappa shape index (κ3) is 3.10. The van der Waals surface area contributed by atoms with Crippen molar-refractivity contribution in [2.45, 2.75) is 50.2 Å². The summed E-state index contributed by atoms with van der Waals surface area (Å²) < 4.78 is 3.27. The summed E-state index contributed by atoms with van der Waals surface area (Å²) in [5, 5.41) is 6.19. The SMILES string of the molecule is O=C(N[C@H]1CC[C@H](NI)CC1)C1CC=CN1. The second kappa shape index (κ2) is 5.86. The van der Waals surface area contributed by atoms with Gasteiger partial charge in [0.1, 0.15) is 6.04 Å². The molecular formula is C11H18IN3O. The molecule has 1 fully saturated rings. The molecule has 0 bridgehead atoms. The molecule has 0 radical (unpaired) electrons. The van der Waals surface area contributed by atoms with Gasteiger partial charge in [0.05, 0.1) is 0 Å². The third-order valence-electron chi connectivity index (χ3n) is 3.33. The van der Waals surface area contributed by atoms with Crippen LogP contribution in [0.4, 0.5) is 0 Å². The van der Waals surface area contributed by atoms with Crippen LogP contribution in [0.15, 0.2) is 12.3 Å². The van der Waals surface area contributed by atoms with Gasteiger partial charge in [0.2, 0.25) is 5.91 Å². The molecule has 4 nitrogen and oxygen atoms in total. The zero-order chi connectivity index (χ0) is 11.4. The summed E-state index contributed by atoms with van der Waals surface area (Å²) in [5.74, 6) is 0.149. The molecule has 1 heterocycles. The highest BCUT2D eigenvalue weighted by Crippen LogP contribution is 2.19. The van der Waals surface area contributed by atoms with Gasteiger partial charge in [0.15, 0.2) is 0 Å². The van der Waals surface area contributed by atoms with Crippen LogP contribution in [0.5, 0.6) is 0 Å². The Morgan fingerprint density at radius 3 is 2.50 bits per heavy atom. The van der Waals surface area contributed by atoms with Gasteiger partial charge in [-0.1, -0.05) is 6.08 Å². The van der Waals surface area contributed by atoms with Crippen LogP contribution in [0.3, 0.4) is 0 Å². The number of carbonyl (C=O) groups is 1. The van der Waals surface area contributed by atoms with E-state index in [2.05, 4.69) is 37.0 Å². The Kier molecular flexibility index (Phi) is 4.45. The van der Waals surface area contributed by atoms with Crippen LogP contribution in [0.25, 0.3) is 0 Å². The van der Waals surface area contributed by atoms with Crippen LogP contribution in [0.2, 0.25) is 0 Å². The van der Waals surface area contributed by atoms with Crippen molar-refractivity contribution in [3.8, 4) is 0 Å². The van der Waals surface area contributed by atoms with E-state index in [1.807, 2.05) is 12.3 Å². The van der Waals surface area contributed by atoms with Crippen LogP contribution in [-0.2, 0) is 4.79 Å². The lowest BCUT2D eigenvalue weighted by atomic mass is 9.91. The van der Waals surface area contributed by atoms with Gasteiger partial charge >= 0.3 is 0 Å². The molecule has 2 rings (SSSR count). The quantitative estimate of drug-likeness (QED) is 0.537. The maximum atomic E-state index is 11.8. The summed E-state index contributed by atoms with van der Waals surface area (Å²) in [4.78, 5) is 11.8. The van der Waals surface area contributed by atoms with Gasteiger partial charge in [-0.2, -0.15) is 0 Å². The summed E-state index contributed by atoms with van der Waals surface area (Å²) in [6.07, 6.45) is 9.17. The van der Waals surface area contributed by atoms with Crippen molar-refractivity contribution in [1.29, 1.82) is 0 Å². The number of rotatable bonds is 3. The molecule has 5 heteroatoms. The van der Waals surface area contributed by atoms with Gasteiger partial charge in [-0.3, -0.25) is 8.32 Å². The van der Waals surface area contributed by atoms with Crippen molar-refractivity contribution in [3.63, 3.8) is 0 Å². The number of carbonyl (C=O) groups excluding carboxylic acids is 1. The Balaban J connectivity index is 1.72. The highest BCUT2D eigenvalue weighted by molar-refractivity contribution is 14.1. The number of amides is 1. The first-order chi connectivity index (χ1) is 7.79. The van der Waals surface area contributed by atoms with Crippen LogP contribution in [-0.4, -0.2) is 24.0 Å². The van der Waals surface area contributed by atoms with E-state index >= 15 is 0 Å². The molecule has 0 aromatic carbocycles. The highest BCUT2D eigenvalue weighted by Gasteiger charge is 2.25. The third-order valence-corrected chi connectivity index (χ3v) is 4.21. The lowest BCUT2D eigenvalue weighted by molar-refractivity contribution is -0.123. The van der Waals surface area contributed by atoms with E-state index in [0.717, 1.165) is 32.1 Å². The average Bonchev–Trinajstić information content (AvgIpc) is 2.83. The molecule has 1 amide bonds. The van der Waals surface area contributed by atoms with Crippen LogP contribution in [0.1, 0.15) is 32.1 Å². The van der Waals surface area contributed by atoms with E-state index in [0.29, 0.717) is 12.1 Å². The van der Waals surface area contributed by atoms with Crippen LogP contribution >= 0.6 is 22.9 Å². The minimum absolute atomic E-state index is 0.0413. The molecule has 90 valence electrons. The fourth-order valence-electron chi connectivity index (χ4n) is 2.29. The van der Waals surface area contributed by atoms with Gasteiger partial charge in [-0.25, -0.2) is 0 Å². The lowest BCUT2D eigenvalue weighted by Gasteiger charge is -2.29. The molecule has 1 aliphatic heterocycles. The van der Waals surface area contributed by atoms with E-state index in [4.69, 9.17) is 0 Å². The van der Waals surface area contributed by atoms with Crippen molar-refractivity contribution in [3.05, 3.63) is 12.3 Å². The number of halogens is 1. The highest BCUT2D eigenvalue weighted by atomic mass is 127. The molecule has 3 N–H and O–H groups in total. The van der Waals surface area contributed by atoms with Gasteiger partial charge in [-0.15, -0.1) is 0 Å². The Morgan fingerprint density at radius 2 is 1.94 bits per heavy atom. The minimum Gasteiger partial charge on any atom is -0.380 e. The van der Waals surface area contributed by atoms with Crippen LogP contribution < -0.4 is 14.2 Å². The van der Waals surface area contributed by atoms with Crippen molar-refractivity contribution >= 4 is 28.8 Å². The van der Waals surface area contributed by atoms with Crippen molar-refractivity contribution in [2.24, 2.45) is 0 Å². The molecule has 2 aliphatic rings.